The van der Waals surface area contributed by atoms with Crippen molar-refractivity contribution < 1.29 is 0 Å². The summed E-state index contributed by atoms with van der Waals surface area (Å²) in [5.74, 6) is 0. The van der Waals surface area contributed by atoms with Crippen molar-refractivity contribution in [2.45, 2.75) is 33.9 Å². The third-order valence-electron chi connectivity index (χ3n) is 4.27. The largest absolute Gasteiger partial charge is 0.364 e. The first-order chi connectivity index (χ1) is 12.8. The van der Waals surface area contributed by atoms with Crippen molar-refractivity contribution in [1.82, 2.24) is 20.3 Å². The molecule has 134 valence electrons. The number of aromatic amines is 2. The summed E-state index contributed by atoms with van der Waals surface area (Å²) in [7, 11) is 0. The Bertz CT molecular complexity index is 934. The van der Waals surface area contributed by atoms with E-state index in [4.69, 9.17) is 0 Å². The summed E-state index contributed by atoms with van der Waals surface area (Å²) in [4.78, 5) is 11.2. The molecule has 4 nitrogen and oxygen atoms in total. The fourth-order valence-corrected chi connectivity index (χ4v) is 3.06. The molecule has 0 atom stereocenters. The van der Waals surface area contributed by atoms with Gasteiger partial charge in [-0.05, 0) is 36.8 Å². The lowest BCUT2D eigenvalue weighted by Crippen LogP contribution is -2.13. The Morgan fingerprint density at radius 2 is 1.77 bits per heavy atom. The summed E-state index contributed by atoms with van der Waals surface area (Å²) in [5.41, 5.74) is 7.00. The van der Waals surface area contributed by atoms with Gasteiger partial charge in [0.25, 0.3) is 0 Å². The van der Waals surface area contributed by atoms with E-state index in [0.717, 1.165) is 24.1 Å². The van der Waals surface area contributed by atoms with Gasteiger partial charge in [0, 0.05) is 47.8 Å². The lowest BCUT2D eigenvalue weighted by molar-refractivity contribution is 0.674. The number of rotatable bonds is 5. The van der Waals surface area contributed by atoms with Crippen LogP contribution in [-0.2, 0) is 13.1 Å². The van der Waals surface area contributed by atoms with E-state index >= 15 is 0 Å². The zero-order valence-corrected chi connectivity index (χ0v) is 15.6. The van der Waals surface area contributed by atoms with Crippen LogP contribution >= 0.6 is 0 Å². The van der Waals surface area contributed by atoms with Gasteiger partial charge in [-0.2, -0.15) is 0 Å². The highest BCUT2D eigenvalue weighted by molar-refractivity contribution is 5.95. The van der Waals surface area contributed by atoms with Gasteiger partial charge in [-0.1, -0.05) is 43.7 Å². The van der Waals surface area contributed by atoms with Crippen molar-refractivity contribution in [3.63, 3.8) is 0 Å². The second-order valence-electron chi connectivity index (χ2n) is 6.04. The molecule has 3 heterocycles. The molecular formula is C22H26N4. The maximum absolute atomic E-state index is 4.47. The van der Waals surface area contributed by atoms with Gasteiger partial charge in [-0.15, -0.1) is 0 Å². The first kappa shape index (κ1) is 18.0. The van der Waals surface area contributed by atoms with Crippen LogP contribution in [0.3, 0.4) is 0 Å². The number of hydrogen-bond donors (Lipinski definition) is 3. The maximum Gasteiger partial charge on any atom is 0.138 e. The lowest BCUT2D eigenvalue weighted by Gasteiger charge is -2.07. The predicted molar refractivity (Wildman–Crippen MR) is 109 cm³/mol. The van der Waals surface area contributed by atoms with Crippen LogP contribution in [0.1, 0.15) is 30.8 Å². The van der Waals surface area contributed by atoms with Crippen LogP contribution in [0.25, 0.3) is 22.2 Å². The number of aromatic nitrogens is 3. The van der Waals surface area contributed by atoms with E-state index in [1.54, 1.807) is 0 Å². The van der Waals surface area contributed by atoms with Crippen molar-refractivity contribution >= 4 is 11.0 Å². The van der Waals surface area contributed by atoms with Crippen molar-refractivity contribution in [3.05, 3.63) is 77.9 Å². The van der Waals surface area contributed by atoms with E-state index in [2.05, 4.69) is 63.6 Å². The number of fused-ring (bicyclic) bond motifs is 1. The number of H-pyrrole nitrogens is 2. The van der Waals surface area contributed by atoms with E-state index < -0.39 is 0 Å². The standard InChI is InChI=1S/C20H20N4.C2H6/c1-14-6-8-15(9-7-14)19-17-5-3-11-23-20(17)24-18(19)13-21-12-16-4-2-10-22-16;1-2/h2-11,21-22H,12-13H2,1H3,(H,23,24);1-2H3. The SMILES string of the molecule is CC.Cc1ccc(-c2c(CNCc3ccc[nH]3)[nH]c3ncccc23)cc1. The third kappa shape index (κ3) is 3.86. The van der Waals surface area contributed by atoms with E-state index in [9.17, 15) is 0 Å². The zero-order valence-electron chi connectivity index (χ0n) is 15.6. The molecule has 0 saturated heterocycles. The average Bonchev–Trinajstić information content (AvgIpc) is 3.32. The number of hydrogen-bond acceptors (Lipinski definition) is 2. The molecule has 0 aliphatic rings. The molecule has 0 amide bonds. The van der Waals surface area contributed by atoms with Crippen LogP contribution in [0.5, 0.6) is 0 Å². The maximum atomic E-state index is 4.47. The molecule has 1 aromatic carbocycles. The minimum absolute atomic E-state index is 0.762. The first-order valence-corrected chi connectivity index (χ1v) is 9.17. The summed E-state index contributed by atoms with van der Waals surface area (Å²) >= 11 is 0. The normalized spacial score (nSPS) is 10.6. The minimum Gasteiger partial charge on any atom is -0.364 e. The van der Waals surface area contributed by atoms with Gasteiger partial charge in [0.2, 0.25) is 0 Å². The molecule has 0 spiro atoms. The third-order valence-corrected chi connectivity index (χ3v) is 4.27. The molecule has 0 unspecified atom stereocenters. The molecule has 4 heteroatoms. The molecule has 3 N–H and O–H groups in total. The second kappa shape index (κ2) is 8.50. The number of nitrogens with one attached hydrogen (secondary N) is 3. The summed E-state index contributed by atoms with van der Waals surface area (Å²) in [5, 5.41) is 4.66. The molecule has 4 rings (SSSR count). The minimum atomic E-state index is 0.762. The van der Waals surface area contributed by atoms with Gasteiger partial charge < -0.3 is 15.3 Å². The van der Waals surface area contributed by atoms with Crippen molar-refractivity contribution in [3.8, 4) is 11.1 Å². The van der Waals surface area contributed by atoms with Crippen LogP contribution in [0, 0.1) is 6.92 Å². The topological polar surface area (TPSA) is 56.5 Å². The average molecular weight is 346 g/mol. The fourth-order valence-electron chi connectivity index (χ4n) is 3.06. The summed E-state index contributed by atoms with van der Waals surface area (Å²) in [6.07, 6.45) is 3.77. The first-order valence-electron chi connectivity index (χ1n) is 9.17. The Balaban J connectivity index is 0.000000948. The van der Waals surface area contributed by atoms with E-state index in [-0.39, 0.29) is 0 Å². The van der Waals surface area contributed by atoms with E-state index in [0.29, 0.717) is 0 Å². The second-order valence-corrected chi connectivity index (χ2v) is 6.04. The van der Waals surface area contributed by atoms with Crippen molar-refractivity contribution in [2.75, 3.05) is 0 Å². The van der Waals surface area contributed by atoms with E-state index in [1.165, 1.54) is 28.1 Å². The van der Waals surface area contributed by atoms with Gasteiger partial charge in [0.15, 0.2) is 0 Å². The predicted octanol–water partition coefficient (Wildman–Crippen LogP) is 5.18. The summed E-state index contributed by atoms with van der Waals surface area (Å²) in [6, 6.07) is 16.9. The molecule has 0 aliphatic carbocycles. The highest BCUT2D eigenvalue weighted by atomic mass is 14.9. The molecule has 0 bridgehead atoms. The number of benzene rings is 1. The monoisotopic (exact) mass is 346 g/mol. The van der Waals surface area contributed by atoms with E-state index in [1.807, 2.05) is 38.4 Å². The van der Waals surface area contributed by atoms with Gasteiger partial charge >= 0.3 is 0 Å². The molecule has 0 saturated carbocycles. The summed E-state index contributed by atoms with van der Waals surface area (Å²) in [6.45, 7) is 7.68. The fraction of sp³-hybridized carbons (Fsp3) is 0.227. The summed E-state index contributed by atoms with van der Waals surface area (Å²) < 4.78 is 0. The Kier molecular flexibility index (Phi) is 5.87. The van der Waals surface area contributed by atoms with Crippen LogP contribution in [-0.4, -0.2) is 15.0 Å². The van der Waals surface area contributed by atoms with Crippen molar-refractivity contribution in [2.24, 2.45) is 0 Å². The smallest absolute Gasteiger partial charge is 0.138 e. The van der Waals surface area contributed by atoms with Crippen LogP contribution in [0.2, 0.25) is 0 Å². The molecule has 0 fully saturated rings. The molecule has 26 heavy (non-hydrogen) atoms. The van der Waals surface area contributed by atoms with Crippen molar-refractivity contribution in [1.29, 1.82) is 0 Å². The number of pyridine rings is 1. The zero-order chi connectivity index (χ0) is 18.4. The van der Waals surface area contributed by atoms with Gasteiger partial charge in [0.1, 0.15) is 5.65 Å². The quantitative estimate of drug-likeness (QED) is 0.466. The number of aryl methyl sites for hydroxylation is 1. The Morgan fingerprint density at radius 1 is 0.962 bits per heavy atom. The Hall–Kier alpha value is -2.85. The molecule has 0 radical (unpaired) electrons. The highest BCUT2D eigenvalue weighted by Crippen LogP contribution is 2.31. The van der Waals surface area contributed by atoms with Crippen LogP contribution in [0.15, 0.2) is 60.9 Å². The lowest BCUT2D eigenvalue weighted by atomic mass is 10.0. The van der Waals surface area contributed by atoms with Gasteiger partial charge in [-0.3, -0.25) is 0 Å². The Morgan fingerprint density at radius 3 is 2.50 bits per heavy atom. The van der Waals surface area contributed by atoms with Crippen LogP contribution in [0.4, 0.5) is 0 Å². The molecule has 3 aromatic heterocycles. The van der Waals surface area contributed by atoms with Gasteiger partial charge in [-0.25, -0.2) is 4.98 Å². The molecular weight excluding hydrogens is 320 g/mol. The molecule has 0 aliphatic heterocycles. The molecule has 4 aromatic rings. The number of nitrogens with zero attached hydrogens (tertiary/aromatic N) is 1. The van der Waals surface area contributed by atoms with Gasteiger partial charge in [0.05, 0.1) is 0 Å². The highest BCUT2D eigenvalue weighted by Gasteiger charge is 2.13. The Labute approximate surface area is 154 Å². The van der Waals surface area contributed by atoms with Crippen LogP contribution < -0.4 is 5.32 Å².